The second-order valence-corrected chi connectivity index (χ2v) is 5.72. The lowest BCUT2D eigenvalue weighted by molar-refractivity contribution is -0.141. The lowest BCUT2D eigenvalue weighted by Gasteiger charge is -2.15. The van der Waals surface area contributed by atoms with Gasteiger partial charge in [0.2, 0.25) is 11.8 Å². The van der Waals surface area contributed by atoms with Crippen LogP contribution in [0.3, 0.4) is 0 Å². The van der Waals surface area contributed by atoms with E-state index in [1.54, 1.807) is 0 Å². The Bertz CT molecular complexity index is 1040. The molecule has 28 heavy (non-hydrogen) atoms. The number of rotatable bonds is 7. The van der Waals surface area contributed by atoms with E-state index in [0.29, 0.717) is 0 Å². The van der Waals surface area contributed by atoms with E-state index in [1.807, 2.05) is 0 Å². The van der Waals surface area contributed by atoms with Gasteiger partial charge in [-0.3, -0.25) is 28.3 Å². The number of aryl methyl sites for hydroxylation is 1. The Balaban J connectivity index is 2.16. The molecular weight excluding hydrogens is 378 g/mol. The van der Waals surface area contributed by atoms with Crippen molar-refractivity contribution in [3.8, 4) is 0 Å². The Labute approximate surface area is 156 Å². The van der Waals surface area contributed by atoms with Crippen molar-refractivity contribution in [3.63, 3.8) is 0 Å². The third kappa shape index (κ3) is 4.06. The Morgan fingerprint density at radius 3 is 2.50 bits per heavy atom. The van der Waals surface area contributed by atoms with E-state index in [2.05, 4.69) is 25.7 Å². The summed E-state index contributed by atoms with van der Waals surface area (Å²) in [6.07, 6.45) is 0. The van der Waals surface area contributed by atoms with Gasteiger partial charge in [-0.1, -0.05) is 5.21 Å². The summed E-state index contributed by atoms with van der Waals surface area (Å²) in [4.78, 5) is 59.3. The van der Waals surface area contributed by atoms with Gasteiger partial charge in [0.25, 0.3) is 5.56 Å². The van der Waals surface area contributed by atoms with E-state index >= 15 is 0 Å². The maximum atomic E-state index is 12.3. The van der Waals surface area contributed by atoms with Gasteiger partial charge in [0.1, 0.15) is 19.1 Å². The van der Waals surface area contributed by atoms with E-state index < -0.39 is 54.8 Å². The molecule has 2 aromatic rings. The molecule has 2 amide bonds. The van der Waals surface area contributed by atoms with E-state index in [-0.39, 0.29) is 11.2 Å². The second kappa shape index (κ2) is 8.43. The van der Waals surface area contributed by atoms with E-state index in [1.165, 1.54) is 14.1 Å². The number of ether oxygens (including phenoxy) is 1. The number of carbonyl (C=O) groups is 3. The molecule has 0 fully saturated rings. The zero-order valence-electron chi connectivity index (χ0n) is 15.3. The van der Waals surface area contributed by atoms with E-state index in [4.69, 9.17) is 0 Å². The molecule has 0 aliphatic carbocycles. The van der Waals surface area contributed by atoms with Crippen molar-refractivity contribution in [2.75, 3.05) is 20.3 Å². The van der Waals surface area contributed by atoms with Crippen LogP contribution in [0.1, 0.15) is 0 Å². The highest BCUT2D eigenvalue weighted by Gasteiger charge is 2.22. The molecule has 14 nitrogen and oxygen atoms in total. The van der Waals surface area contributed by atoms with Crippen molar-refractivity contribution in [1.82, 2.24) is 34.8 Å². The van der Waals surface area contributed by atoms with Crippen molar-refractivity contribution in [2.24, 2.45) is 14.1 Å². The standard InChI is InChI=1S/C14H19N7O7/c1-19-11-10(13(26)20(2)14(19)27)21(18-17-11)5-8(23)16-7(6-22)12(25)15-4-9(24)28-3/h7,22H,4-6H2,1-3H3,(H,15,25)(H,16,23)/t7-/m0/s1. The molecule has 0 aliphatic heterocycles. The van der Waals surface area contributed by atoms with Crippen molar-refractivity contribution >= 4 is 28.9 Å². The minimum atomic E-state index is -1.33. The van der Waals surface area contributed by atoms with Gasteiger partial charge in [0.05, 0.1) is 13.7 Å². The molecule has 0 spiro atoms. The molecule has 0 unspecified atom stereocenters. The first-order chi connectivity index (χ1) is 13.2. The summed E-state index contributed by atoms with van der Waals surface area (Å²) in [5, 5.41) is 21.2. The predicted molar refractivity (Wildman–Crippen MR) is 92.1 cm³/mol. The summed E-state index contributed by atoms with van der Waals surface area (Å²) < 4.78 is 7.30. The molecule has 2 aromatic heterocycles. The van der Waals surface area contributed by atoms with Crippen LogP contribution in [0.4, 0.5) is 0 Å². The molecule has 152 valence electrons. The molecule has 0 bridgehead atoms. The van der Waals surface area contributed by atoms with Gasteiger partial charge < -0.3 is 20.5 Å². The van der Waals surface area contributed by atoms with Crippen LogP contribution < -0.4 is 21.9 Å². The van der Waals surface area contributed by atoms with Crippen LogP contribution in [0.2, 0.25) is 0 Å². The minimum absolute atomic E-state index is 0.00423. The van der Waals surface area contributed by atoms with Gasteiger partial charge in [0, 0.05) is 14.1 Å². The molecule has 1 atom stereocenters. The van der Waals surface area contributed by atoms with Crippen LogP contribution in [0.5, 0.6) is 0 Å². The average molecular weight is 397 g/mol. The Morgan fingerprint density at radius 1 is 1.21 bits per heavy atom. The van der Waals surface area contributed by atoms with Crippen LogP contribution in [0.25, 0.3) is 11.2 Å². The lowest BCUT2D eigenvalue weighted by Crippen LogP contribution is -2.50. The summed E-state index contributed by atoms with van der Waals surface area (Å²) in [6, 6.07) is -1.33. The quantitative estimate of drug-likeness (QED) is 0.389. The zero-order valence-corrected chi connectivity index (χ0v) is 15.3. The Hall–Kier alpha value is -3.55. The Morgan fingerprint density at radius 2 is 1.89 bits per heavy atom. The zero-order chi connectivity index (χ0) is 21.0. The van der Waals surface area contributed by atoms with E-state index in [9.17, 15) is 29.1 Å². The number of fused-ring (bicyclic) bond motifs is 1. The summed E-state index contributed by atoms with van der Waals surface area (Å²) in [5.41, 5.74) is -1.37. The fraction of sp³-hybridized carbons (Fsp3) is 0.500. The highest BCUT2D eigenvalue weighted by molar-refractivity contribution is 5.89. The maximum absolute atomic E-state index is 12.3. The first-order valence-corrected chi connectivity index (χ1v) is 7.95. The Kier molecular flexibility index (Phi) is 6.25. The predicted octanol–water partition coefficient (Wildman–Crippen LogP) is -4.40. The number of amides is 2. The number of esters is 1. The summed E-state index contributed by atoms with van der Waals surface area (Å²) in [5.74, 6) is -2.26. The van der Waals surface area contributed by atoms with Crippen LogP contribution >= 0.6 is 0 Å². The lowest BCUT2D eigenvalue weighted by atomic mass is 10.3. The van der Waals surface area contributed by atoms with Crippen molar-refractivity contribution in [3.05, 3.63) is 20.8 Å². The molecule has 0 saturated carbocycles. The fourth-order valence-electron chi connectivity index (χ4n) is 2.33. The molecule has 0 saturated heterocycles. The average Bonchev–Trinajstić information content (AvgIpc) is 3.10. The van der Waals surface area contributed by atoms with Gasteiger partial charge in [-0.25, -0.2) is 9.48 Å². The van der Waals surface area contributed by atoms with Gasteiger partial charge in [-0.15, -0.1) is 5.10 Å². The van der Waals surface area contributed by atoms with Crippen molar-refractivity contribution < 1.29 is 24.2 Å². The monoisotopic (exact) mass is 397 g/mol. The smallest absolute Gasteiger partial charge is 0.332 e. The number of aliphatic hydroxyl groups is 1. The molecule has 3 N–H and O–H groups in total. The highest BCUT2D eigenvalue weighted by Crippen LogP contribution is 2.02. The number of nitrogens with one attached hydrogen (secondary N) is 2. The summed E-state index contributed by atoms with van der Waals surface area (Å²) in [7, 11) is 3.81. The maximum Gasteiger partial charge on any atom is 0.332 e. The molecular formula is C14H19N7O7. The third-order valence-corrected chi connectivity index (χ3v) is 3.88. The molecule has 2 rings (SSSR count). The second-order valence-electron chi connectivity index (χ2n) is 5.72. The number of aromatic nitrogens is 5. The number of nitrogens with zero attached hydrogens (tertiary/aromatic N) is 5. The van der Waals surface area contributed by atoms with Gasteiger partial charge in [0.15, 0.2) is 11.2 Å². The SMILES string of the molecule is COC(=O)CNC(=O)[C@H](CO)NC(=O)Cn1nnc2c1c(=O)n(C)c(=O)n2C. The molecule has 2 heterocycles. The normalized spacial score (nSPS) is 11.9. The first-order valence-electron chi connectivity index (χ1n) is 7.95. The molecule has 14 heteroatoms. The molecule has 0 aliphatic rings. The number of carbonyl (C=O) groups excluding carboxylic acids is 3. The fourth-order valence-corrected chi connectivity index (χ4v) is 2.33. The largest absolute Gasteiger partial charge is 0.468 e. The number of hydrogen-bond donors (Lipinski definition) is 3. The topological polar surface area (TPSA) is 179 Å². The van der Waals surface area contributed by atoms with Crippen LogP contribution in [0, 0.1) is 0 Å². The van der Waals surface area contributed by atoms with Crippen LogP contribution in [-0.4, -0.2) is 73.3 Å². The van der Waals surface area contributed by atoms with Crippen LogP contribution in [-0.2, 0) is 39.8 Å². The molecule has 0 radical (unpaired) electrons. The molecule has 0 aromatic carbocycles. The highest BCUT2D eigenvalue weighted by atomic mass is 16.5. The van der Waals surface area contributed by atoms with Crippen molar-refractivity contribution in [2.45, 2.75) is 12.6 Å². The van der Waals surface area contributed by atoms with Crippen LogP contribution in [0.15, 0.2) is 9.59 Å². The number of methoxy groups -OCH3 is 1. The van der Waals surface area contributed by atoms with Gasteiger partial charge in [-0.05, 0) is 0 Å². The number of hydrogen-bond acceptors (Lipinski definition) is 9. The summed E-state index contributed by atoms with van der Waals surface area (Å²) >= 11 is 0. The van der Waals surface area contributed by atoms with Crippen molar-refractivity contribution in [1.29, 1.82) is 0 Å². The van der Waals surface area contributed by atoms with Gasteiger partial charge >= 0.3 is 11.7 Å². The first kappa shape index (κ1) is 20.8. The minimum Gasteiger partial charge on any atom is -0.468 e. The third-order valence-electron chi connectivity index (χ3n) is 3.88. The van der Waals surface area contributed by atoms with Gasteiger partial charge in [-0.2, -0.15) is 0 Å². The number of aliphatic hydroxyl groups excluding tert-OH is 1. The summed E-state index contributed by atoms with van der Waals surface area (Å²) in [6.45, 7) is -1.66. The van der Waals surface area contributed by atoms with E-state index in [0.717, 1.165) is 20.9 Å².